The van der Waals surface area contributed by atoms with Crippen LogP contribution in [0.5, 0.6) is 0 Å². The lowest BCUT2D eigenvalue weighted by molar-refractivity contribution is -0.930. The van der Waals surface area contributed by atoms with E-state index in [2.05, 4.69) is 10.1 Å². The highest BCUT2D eigenvalue weighted by molar-refractivity contribution is 7.71. The number of nitrogens with zero attached hydrogens (tertiary/aromatic N) is 4. The fourth-order valence-electron chi connectivity index (χ4n) is 3.41. The number of piperidine rings is 1. The second-order valence-corrected chi connectivity index (χ2v) is 6.78. The average molecular weight is 350 g/mol. The van der Waals surface area contributed by atoms with Gasteiger partial charge >= 0.3 is 5.97 Å². The molecule has 0 spiro atoms. The van der Waals surface area contributed by atoms with Crippen LogP contribution in [0.25, 0.3) is 5.78 Å². The lowest BCUT2D eigenvalue weighted by Crippen LogP contribution is -3.13. The molecule has 3 heterocycles. The van der Waals surface area contributed by atoms with Crippen LogP contribution in [0.4, 0.5) is 0 Å². The summed E-state index contributed by atoms with van der Waals surface area (Å²) < 4.78 is 9.55. The van der Waals surface area contributed by atoms with Crippen LogP contribution in [0.1, 0.15) is 31.2 Å². The number of rotatable bonds is 4. The maximum atomic E-state index is 12.0. The van der Waals surface area contributed by atoms with Gasteiger partial charge in [0.05, 0.1) is 19.7 Å². The number of fused-ring (bicyclic) bond motifs is 1. The molecular formula is C16H24N5O2S+. The predicted octanol–water partition coefficient (Wildman–Crippen LogP) is 0.693. The summed E-state index contributed by atoms with van der Waals surface area (Å²) in [6, 6.07) is 2.00. The van der Waals surface area contributed by atoms with Crippen molar-refractivity contribution in [3.63, 3.8) is 0 Å². The van der Waals surface area contributed by atoms with Crippen molar-refractivity contribution in [3.05, 3.63) is 22.2 Å². The zero-order chi connectivity index (χ0) is 17.3. The molecule has 1 N–H and O–H groups in total. The second-order valence-electron chi connectivity index (χ2n) is 6.41. The minimum absolute atomic E-state index is 0.0259. The number of nitrogens with one attached hydrogen (secondary N) is 1. The van der Waals surface area contributed by atoms with Gasteiger partial charge in [-0.15, -0.1) is 5.10 Å². The maximum Gasteiger partial charge on any atom is 0.314 e. The van der Waals surface area contributed by atoms with Gasteiger partial charge in [0.25, 0.3) is 5.78 Å². The number of aryl methyl sites for hydroxylation is 2. The molecule has 130 valence electrons. The fraction of sp³-hybridized carbons (Fsp3) is 0.625. The Balaban J connectivity index is 1.80. The molecule has 1 unspecified atom stereocenters. The van der Waals surface area contributed by atoms with Gasteiger partial charge in [-0.1, -0.05) is 0 Å². The molecule has 1 aliphatic heterocycles. The maximum absolute atomic E-state index is 12.0. The number of aromatic nitrogens is 4. The summed E-state index contributed by atoms with van der Waals surface area (Å²) >= 11 is 5.57. The molecule has 3 rings (SSSR count). The zero-order valence-corrected chi connectivity index (χ0v) is 15.2. The third-order valence-electron chi connectivity index (χ3n) is 4.48. The van der Waals surface area contributed by atoms with Crippen LogP contribution in [0.2, 0.25) is 0 Å². The predicted molar refractivity (Wildman–Crippen MR) is 91.3 cm³/mol. The van der Waals surface area contributed by atoms with E-state index in [-0.39, 0.29) is 11.9 Å². The molecule has 1 saturated heterocycles. The molecule has 0 bridgehead atoms. The topological polar surface area (TPSA) is 65.9 Å². The summed E-state index contributed by atoms with van der Waals surface area (Å²) in [5.74, 6) is 0.527. The Morgan fingerprint density at radius 3 is 3.04 bits per heavy atom. The van der Waals surface area contributed by atoms with Gasteiger partial charge in [0.1, 0.15) is 5.92 Å². The van der Waals surface area contributed by atoms with E-state index < -0.39 is 0 Å². The van der Waals surface area contributed by atoms with Crippen LogP contribution in [0.3, 0.4) is 0 Å². The highest BCUT2D eigenvalue weighted by atomic mass is 32.1. The third kappa shape index (κ3) is 3.34. The van der Waals surface area contributed by atoms with Gasteiger partial charge in [0.15, 0.2) is 6.67 Å². The van der Waals surface area contributed by atoms with Crippen LogP contribution >= 0.6 is 12.2 Å². The van der Waals surface area contributed by atoms with Gasteiger partial charge in [-0.3, -0.25) is 9.20 Å². The van der Waals surface area contributed by atoms with Gasteiger partial charge < -0.3 is 9.64 Å². The Morgan fingerprint density at radius 1 is 1.50 bits per heavy atom. The zero-order valence-electron chi connectivity index (χ0n) is 14.4. The number of ether oxygens (including phenoxy) is 1. The van der Waals surface area contributed by atoms with Gasteiger partial charge in [-0.2, -0.15) is 4.68 Å². The first-order valence-electron chi connectivity index (χ1n) is 8.43. The van der Waals surface area contributed by atoms with Gasteiger partial charge in [-0.05, 0) is 51.9 Å². The van der Waals surface area contributed by atoms with E-state index in [9.17, 15) is 4.79 Å². The highest BCUT2D eigenvalue weighted by Gasteiger charge is 2.30. The SMILES string of the molecule is CCOC(=O)[C@H]1CCC[NH+](Cn2nc3nc(C)cc(C)n3c2=S)C1. The van der Waals surface area contributed by atoms with E-state index in [1.54, 1.807) is 0 Å². The Kier molecular flexibility index (Phi) is 4.96. The molecule has 2 aromatic heterocycles. The quantitative estimate of drug-likeness (QED) is 0.649. The minimum Gasteiger partial charge on any atom is -0.466 e. The van der Waals surface area contributed by atoms with Crippen molar-refractivity contribution in [2.24, 2.45) is 5.92 Å². The van der Waals surface area contributed by atoms with Crippen LogP contribution in [-0.2, 0) is 16.2 Å². The first kappa shape index (κ1) is 17.0. The van der Waals surface area contributed by atoms with Crippen molar-refractivity contribution in [3.8, 4) is 0 Å². The van der Waals surface area contributed by atoms with Gasteiger partial charge in [0, 0.05) is 11.4 Å². The van der Waals surface area contributed by atoms with Crippen LogP contribution < -0.4 is 4.90 Å². The molecule has 0 aliphatic carbocycles. The number of quaternary nitrogens is 1. The normalized spacial score (nSPS) is 21.1. The minimum atomic E-state index is -0.0820. The lowest BCUT2D eigenvalue weighted by atomic mass is 9.99. The molecule has 1 aliphatic rings. The summed E-state index contributed by atoms with van der Waals surface area (Å²) in [5.41, 5.74) is 1.96. The number of hydrogen-bond acceptors (Lipinski definition) is 5. The van der Waals surface area contributed by atoms with Crippen molar-refractivity contribution in [1.82, 2.24) is 19.2 Å². The average Bonchev–Trinajstić information content (AvgIpc) is 2.83. The summed E-state index contributed by atoms with van der Waals surface area (Å²) in [5, 5.41) is 4.56. The van der Waals surface area contributed by atoms with E-state index >= 15 is 0 Å². The van der Waals surface area contributed by atoms with Crippen LogP contribution in [0, 0.1) is 24.5 Å². The number of carbonyl (C=O) groups excluding carboxylic acids is 1. The molecule has 2 atom stereocenters. The molecule has 2 aromatic rings. The first-order chi connectivity index (χ1) is 11.5. The summed E-state index contributed by atoms with van der Waals surface area (Å²) in [7, 11) is 0. The summed E-state index contributed by atoms with van der Waals surface area (Å²) in [6.45, 7) is 8.67. The second kappa shape index (κ2) is 6.98. The van der Waals surface area contributed by atoms with E-state index in [1.807, 2.05) is 35.9 Å². The van der Waals surface area contributed by atoms with Gasteiger partial charge in [-0.25, -0.2) is 4.98 Å². The molecule has 0 aromatic carbocycles. The molecule has 0 radical (unpaired) electrons. The Morgan fingerprint density at radius 2 is 2.29 bits per heavy atom. The third-order valence-corrected chi connectivity index (χ3v) is 4.87. The molecule has 24 heavy (non-hydrogen) atoms. The Labute approximate surface area is 146 Å². The highest BCUT2D eigenvalue weighted by Crippen LogP contribution is 2.10. The lowest BCUT2D eigenvalue weighted by Gasteiger charge is -2.28. The smallest absolute Gasteiger partial charge is 0.314 e. The standard InChI is InChI=1S/C16H23N5O2S/c1-4-23-14(22)13-6-5-7-19(9-13)10-20-16(24)21-12(3)8-11(2)17-15(21)18-20/h8,13H,4-7,9-10H2,1-3H3/p+1/t13-/m0/s1. The molecule has 1 fully saturated rings. The number of likely N-dealkylation sites (tertiary alicyclic amines) is 1. The van der Waals surface area contributed by atoms with Crippen molar-refractivity contribution in [2.75, 3.05) is 19.7 Å². The largest absolute Gasteiger partial charge is 0.466 e. The molecule has 7 nitrogen and oxygen atoms in total. The molecule has 0 saturated carbocycles. The van der Waals surface area contributed by atoms with Gasteiger partial charge in [0.2, 0.25) is 4.77 Å². The molecular weight excluding hydrogens is 326 g/mol. The van der Waals surface area contributed by atoms with E-state index in [1.165, 1.54) is 4.90 Å². The first-order valence-corrected chi connectivity index (χ1v) is 8.84. The summed E-state index contributed by atoms with van der Waals surface area (Å²) in [6.07, 6.45) is 1.91. The number of hydrogen-bond donors (Lipinski definition) is 1. The summed E-state index contributed by atoms with van der Waals surface area (Å²) in [4.78, 5) is 17.8. The van der Waals surface area contributed by atoms with E-state index in [0.717, 1.165) is 37.3 Å². The van der Waals surface area contributed by atoms with Crippen LogP contribution in [0.15, 0.2) is 6.07 Å². The monoisotopic (exact) mass is 350 g/mol. The molecule has 8 heteroatoms. The Hall–Kier alpha value is -1.80. The van der Waals surface area contributed by atoms with Crippen molar-refractivity contribution in [1.29, 1.82) is 0 Å². The van der Waals surface area contributed by atoms with Crippen molar-refractivity contribution in [2.45, 2.75) is 40.3 Å². The van der Waals surface area contributed by atoms with Crippen molar-refractivity contribution < 1.29 is 14.4 Å². The fourth-order valence-corrected chi connectivity index (χ4v) is 3.74. The number of esters is 1. The number of carbonyl (C=O) groups is 1. The molecule has 0 amide bonds. The Bertz CT molecular complexity index is 813. The van der Waals surface area contributed by atoms with E-state index in [0.29, 0.717) is 23.8 Å². The van der Waals surface area contributed by atoms with Crippen LogP contribution in [-0.4, -0.2) is 44.8 Å². The van der Waals surface area contributed by atoms with E-state index in [4.69, 9.17) is 17.0 Å². The van der Waals surface area contributed by atoms with Crippen molar-refractivity contribution >= 4 is 24.0 Å².